The maximum Gasteiger partial charge on any atom is 0.419 e. The van der Waals surface area contributed by atoms with Gasteiger partial charge in [-0.3, -0.25) is 14.3 Å². The number of pyridine rings is 1. The Labute approximate surface area is 168 Å². The molecule has 8 heteroatoms. The maximum atomic E-state index is 14.0. The second-order valence-corrected chi connectivity index (χ2v) is 6.75. The van der Waals surface area contributed by atoms with Crippen LogP contribution in [0.15, 0.2) is 63.9 Å². The van der Waals surface area contributed by atoms with Gasteiger partial charge < -0.3 is 4.42 Å². The minimum Gasteiger partial charge on any atom is -0.408 e. The number of rotatable bonds is 5. The Kier molecular flexibility index (Phi) is 4.98. The third-order valence-corrected chi connectivity index (χ3v) is 4.81. The molecule has 0 saturated carbocycles. The van der Waals surface area contributed by atoms with Crippen molar-refractivity contribution in [3.63, 3.8) is 0 Å². The van der Waals surface area contributed by atoms with Crippen molar-refractivity contribution in [2.75, 3.05) is 0 Å². The molecule has 0 aliphatic heterocycles. The quantitative estimate of drug-likeness (QED) is 0.454. The summed E-state index contributed by atoms with van der Waals surface area (Å²) in [7, 11) is 0. The van der Waals surface area contributed by atoms with Gasteiger partial charge in [0.25, 0.3) is 0 Å². The average Bonchev–Trinajstić information content (AvgIpc) is 3.02. The third kappa shape index (κ3) is 3.69. The molecule has 0 fully saturated rings. The number of aryl methyl sites for hydroxylation is 2. The predicted octanol–water partition coefficient (Wildman–Crippen LogP) is 4.39. The first-order chi connectivity index (χ1) is 13.9. The molecule has 0 saturated heterocycles. The molecule has 0 amide bonds. The lowest BCUT2D eigenvalue weighted by atomic mass is 10.0. The highest BCUT2D eigenvalue weighted by molar-refractivity contribution is 6.35. The van der Waals surface area contributed by atoms with Crippen molar-refractivity contribution in [2.24, 2.45) is 0 Å². The number of fused-ring (bicyclic) bond motifs is 1. The molecular weight excluding hydrogens is 402 g/mol. The summed E-state index contributed by atoms with van der Waals surface area (Å²) in [5, 5.41) is -0.00135. The standard InChI is InChI=1S/C21H13ClF2N2O3/c22-16-11-18-19(10-14(16)20(27)15-9-12(23)4-5-17(15)24)29-21(28)26(18)8-6-13-3-1-2-7-25-13/h1-5,7,9-11H,6,8H2. The van der Waals surface area contributed by atoms with Gasteiger partial charge in [0.05, 0.1) is 16.1 Å². The van der Waals surface area contributed by atoms with Crippen molar-refractivity contribution in [2.45, 2.75) is 13.0 Å². The van der Waals surface area contributed by atoms with Crippen molar-refractivity contribution in [1.82, 2.24) is 9.55 Å². The number of oxazole rings is 1. The molecule has 0 radical (unpaired) electrons. The van der Waals surface area contributed by atoms with Crippen LogP contribution in [0.4, 0.5) is 8.78 Å². The molecule has 0 bridgehead atoms. The molecule has 5 nitrogen and oxygen atoms in total. The Bertz CT molecular complexity index is 1280. The number of hydrogen-bond donors (Lipinski definition) is 0. The summed E-state index contributed by atoms with van der Waals surface area (Å²) in [4.78, 5) is 29.1. The van der Waals surface area contributed by atoms with E-state index in [9.17, 15) is 18.4 Å². The van der Waals surface area contributed by atoms with E-state index in [2.05, 4.69) is 4.98 Å². The van der Waals surface area contributed by atoms with Gasteiger partial charge in [-0.05, 0) is 42.5 Å². The highest BCUT2D eigenvalue weighted by Crippen LogP contribution is 2.27. The average molecular weight is 415 g/mol. The molecule has 2 aromatic carbocycles. The molecule has 146 valence electrons. The van der Waals surface area contributed by atoms with Crippen LogP contribution in [0.25, 0.3) is 11.1 Å². The van der Waals surface area contributed by atoms with Gasteiger partial charge in [-0.2, -0.15) is 0 Å². The normalized spacial score (nSPS) is 11.1. The van der Waals surface area contributed by atoms with Gasteiger partial charge in [-0.25, -0.2) is 13.6 Å². The van der Waals surface area contributed by atoms with E-state index >= 15 is 0 Å². The van der Waals surface area contributed by atoms with E-state index in [0.29, 0.717) is 18.5 Å². The van der Waals surface area contributed by atoms with Crippen LogP contribution in [0.1, 0.15) is 21.6 Å². The lowest BCUT2D eigenvalue weighted by Gasteiger charge is -2.07. The van der Waals surface area contributed by atoms with Gasteiger partial charge in [0.1, 0.15) is 11.6 Å². The number of ketones is 1. The van der Waals surface area contributed by atoms with Crippen LogP contribution in [0.2, 0.25) is 5.02 Å². The number of nitrogens with zero attached hydrogens (tertiary/aromatic N) is 2. The molecule has 4 rings (SSSR count). The Balaban J connectivity index is 1.72. The first-order valence-electron chi connectivity index (χ1n) is 8.66. The molecule has 2 aromatic heterocycles. The zero-order chi connectivity index (χ0) is 20.5. The smallest absolute Gasteiger partial charge is 0.408 e. The van der Waals surface area contributed by atoms with Crippen LogP contribution in [-0.4, -0.2) is 15.3 Å². The lowest BCUT2D eigenvalue weighted by Crippen LogP contribution is -2.16. The summed E-state index contributed by atoms with van der Waals surface area (Å²) in [5.41, 5.74) is 0.776. The molecule has 0 aliphatic rings. The number of benzene rings is 2. The number of halogens is 3. The van der Waals surface area contributed by atoms with Crippen LogP contribution in [0.5, 0.6) is 0 Å². The fourth-order valence-electron chi connectivity index (χ4n) is 3.06. The van der Waals surface area contributed by atoms with Crippen molar-refractivity contribution in [3.05, 3.63) is 98.8 Å². The highest BCUT2D eigenvalue weighted by Gasteiger charge is 2.21. The van der Waals surface area contributed by atoms with Gasteiger partial charge in [0.2, 0.25) is 0 Å². The molecule has 4 aromatic rings. The van der Waals surface area contributed by atoms with Gasteiger partial charge in [-0.1, -0.05) is 17.7 Å². The molecule has 0 spiro atoms. The summed E-state index contributed by atoms with van der Waals surface area (Å²) < 4.78 is 34.0. The molecule has 29 heavy (non-hydrogen) atoms. The second-order valence-electron chi connectivity index (χ2n) is 6.34. The van der Waals surface area contributed by atoms with Crippen molar-refractivity contribution >= 4 is 28.5 Å². The van der Waals surface area contributed by atoms with Crippen LogP contribution in [0, 0.1) is 11.6 Å². The highest BCUT2D eigenvalue weighted by atomic mass is 35.5. The van der Waals surface area contributed by atoms with E-state index in [1.54, 1.807) is 12.3 Å². The molecule has 2 heterocycles. The molecule has 0 atom stereocenters. The zero-order valence-electron chi connectivity index (χ0n) is 14.9. The van der Waals surface area contributed by atoms with Crippen LogP contribution >= 0.6 is 11.6 Å². The van der Waals surface area contributed by atoms with Crippen molar-refractivity contribution < 1.29 is 18.0 Å². The van der Waals surface area contributed by atoms with Crippen LogP contribution < -0.4 is 5.76 Å². The van der Waals surface area contributed by atoms with E-state index < -0.39 is 28.7 Å². The topological polar surface area (TPSA) is 65.1 Å². The van der Waals surface area contributed by atoms with Gasteiger partial charge in [0, 0.05) is 30.4 Å². The largest absolute Gasteiger partial charge is 0.419 e. The van der Waals surface area contributed by atoms with E-state index in [0.717, 1.165) is 23.9 Å². The Morgan fingerprint density at radius 3 is 2.69 bits per heavy atom. The Morgan fingerprint density at radius 1 is 1.10 bits per heavy atom. The fraction of sp³-hybridized carbons (Fsp3) is 0.0952. The molecule has 0 N–H and O–H groups in total. The first-order valence-corrected chi connectivity index (χ1v) is 9.04. The third-order valence-electron chi connectivity index (χ3n) is 4.49. The van der Waals surface area contributed by atoms with E-state index in [1.165, 1.54) is 16.7 Å². The molecule has 0 aliphatic carbocycles. The zero-order valence-corrected chi connectivity index (χ0v) is 15.6. The van der Waals surface area contributed by atoms with Gasteiger partial charge in [-0.15, -0.1) is 0 Å². The lowest BCUT2D eigenvalue weighted by molar-refractivity contribution is 0.103. The van der Waals surface area contributed by atoms with Crippen molar-refractivity contribution in [3.8, 4) is 0 Å². The summed E-state index contributed by atoms with van der Waals surface area (Å²) in [6, 6.07) is 10.7. The van der Waals surface area contributed by atoms with E-state index in [4.69, 9.17) is 16.0 Å². The summed E-state index contributed by atoms with van der Waals surface area (Å²) in [5.74, 6) is -3.05. The first kappa shape index (κ1) is 19.0. The number of carbonyl (C=O) groups excluding carboxylic acids is 1. The number of carbonyl (C=O) groups is 1. The van der Waals surface area contributed by atoms with Gasteiger partial charge in [0.15, 0.2) is 11.4 Å². The molecule has 0 unspecified atom stereocenters. The summed E-state index contributed by atoms with van der Waals surface area (Å²) in [6.45, 7) is 0.297. The van der Waals surface area contributed by atoms with E-state index in [-0.39, 0.29) is 16.2 Å². The van der Waals surface area contributed by atoms with Gasteiger partial charge >= 0.3 is 5.76 Å². The van der Waals surface area contributed by atoms with Crippen LogP contribution in [0.3, 0.4) is 0 Å². The minimum absolute atomic E-state index is 0.00135. The predicted molar refractivity (Wildman–Crippen MR) is 103 cm³/mol. The monoisotopic (exact) mass is 414 g/mol. The summed E-state index contributed by atoms with van der Waals surface area (Å²) >= 11 is 6.23. The molecular formula is C21H13ClF2N2O3. The minimum atomic E-state index is -0.873. The fourth-order valence-corrected chi connectivity index (χ4v) is 3.30. The summed E-state index contributed by atoms with van der Waals surface area (Å²) in [6.07, 6.45) is 2.15. The number of aromatic nitrogens is 2. The SMILES string of the molecule is O=C(c1cc(F)ccc1F)c1cc2oc(=O)n(CCc3ccccn3)c2cc1Cl. The van der Waals surface area contributed by atoms with Crippen LogP contribution in [-0.2, 0) is 13.0 Å². The number of hydrogen-bond acceptors (Lipinski definition) is 4. The maximum absolute atomic E-state index is 14.0. The van der Waals surface area contributed by atoms with E-state index in [1.807, 2.05) is 12.1 Å². The second kappa shape index (κ2) is 7.60. The Morgan fingerprint density at radius 2 is 1.93 bits per heavy atom. The Hall–Kier alpha value is -3.32. The van der Waals surface area contributed by atoms with Crippen molar-refractivity contribution in [1.29, 1.82) is 0 Å².